The lowest BCUT2D eigenvalue weighted by molar-refractivity contribution is -0.0841. The normalized spacial score (nSPS) is 19.9. The molecule has 0 bridgehead atoms. The van der Waals surface area contributed by atoms with Crippen molar-refractivity contribution < 1.29 is 4.74 Å². The summed E-state index contributed by atoms with van der Waals surface area (Å²) in [4.78, 5) is 0. The lowest BCUT2D eigenvalue weighted by Gasteiger charge is -2.43. The van der Waals surface area contributed by atoms with E-state index in [4.69, 9.17) is 4.74 Å². The van der Waals surface area contributed by atoms with Crippen LogP contribution in [0.15, 0.2) is 12.3 Å². The van der Waals surface area contributed by atoms with Crippen LogP contribution in [-0.2, 0) is 11.8 Å². The Hall–Kier alpha value is -0.870. The van der Waals surface area contributed by atoms with Gasteiger partial charge < -0.3 is 10.1 Å². The van der Waals surface area contributed by atoms with Crippen molar-refractivity contribution in [3.05, 3.63) is 18.0 Å². The standard InChI is InChI=1S/C13H23N3O/c1-4-14-11(12-6-9-15-16(12)2)10-13(17-3)7-5-8-13/h6,9,11,14H,4-5,7-8,10H2,1-3H3. The van der Waals surface area contributed by atoms with Gasteiger partial charge in [0.05, 0.1) is 17.3 Å². The minimum absolute atomic E-state index is 0.0944. The predicted octanol–water partition coefficient (Wildman–Crippen LogP) is 2.03. The number of hydrogen-bond acceptors (Lipinski definition) is 3. The van der Waals surface area contributed by atoms with Crippen molar-refractivity contribution in [2.45, 2.75) is 44.2 Å². The molecule has 1 fully saturated rings. The summed E-state index contributed by atoms with van der Waals surface area (Å²) >= 11 is 0. The molecule has 0 aromatic carbocycles. The summed E-state index contributed by atoms with van der Waals surface area (Å²) in [7, 11) is 3.84. The van der Waals surface area contributed by atoms with Crippen LogP contribution in [-0.4, -0.2) is 29.0 Å². The number of methoxy groups -OCH3 is 1. The molecule has 1 aliphatic rings. The van der Waals surface area contributed by atoms with Crippen LogP contribution in [0.3, 0.4) is 0 Å². The molecule has 1 atom stereocenters. The van der Waals surface area contributed by atoms with Gasteiger partial charge in [-0.05, 0) is 38.3 Å². The molecule has 4 nitrogen and oxygen atoms in total. The number of nitrogens with one attached hydrogen (secondary N) is 1. The van der Waals surface area contributed by atoms with Crippen molar-refractivity contribution in [2.24, 2.45) is 7.05 Å². The molecular weight excluding hydrogens is 214 g/mol. The maximum atomic E-state index is 5.72. The van der Waals surface area contributed by atoms with Crippen LogP contribution in [0.5, 0.6) is 0 Å². The van der Waals surface area contributed by atoms with E-state index in [2.05, 4.69) is 23.4 Å². The van der Waals surface area contributed by atoms with Crippen LogP contribution >= 0.6 is 0 Å². The third kappa shape index (κ3) is 2.53. The molecule has 4 heteroatoms. The second-order valence-electron chi connectivity index (χ2n) is 4.93. The zero-order valence-corrected chi connectivity index (χ0v) is 11.1. The summed E-state index contributed by atoms with van der Waals surface area (Å²) in [6.45, 7) is 3.11. The summed E-state index contributed by atoms with van der Waals surface area (Å²) in [5, 5.41) is 7.80. The lowest BCUT2D eigenvalue weighted by Crippen LogP contribution is -2.43. The van der Waals surface area contributed by atoms with Gasteiger partial charge >= 0.3 is 0 Å². The quantitative estimate of drug-likeness (QED) is 0.823. The topological polar surface area (TPSA) is 39.1 Å². The fourth-order valence-corrected chi connectivity index (χ4v) is 2.69. The van der Waals surface area contributed by atoms with E-state index in [1.807, 2.05) is 25.0 Å². The van der Waals surface area contributed by atoms with Gasteiger partial charge in [-0.2, -0.15) is 5.10 Å². The van der Waals surface area contributed by atoms with Crippen molar-refractivity contribution in [2.75, 3.05) is 13.7 Å². The molecule has 1 unspecified atom stereocenters. The van der Waals surface area contributed by atoms with E-state index in [9.17, 15) is 0 Å². The van der Waals surface area contributed by atoms with E-state index < -0.39 is 0 Å². The first kappa shape index (κ1) is 12.6. The highest BCUT2D eigenvalue weighted by Gasteiger charge is 2.39. The Kier molecular flexibility index (Phi) is 3.84. The van der Waals surface area contributed by atoms with Gasteiger partial charge in [-0.25, -0.2) is 0 Å². The summed E-state index contributed by atoms with van der Waals surface area (Å²) < 4.78 is 7.67. The number of aryl methyl sites for hydroxylation is 1. The van der Waals surface area contributed by atoms with Crippen molar-refractivity contribution in [1.29, 1.82) is 0 Å². The molecule has 1 aliphatic carbocycles. The van der Waals surface area contributed by atoms with Gasteiger partial charge in [-0.1, -0.05) is 6.92 Å². The lowest BCUT2D eigenvalue weighted by atomic mass is 9.75. The molecule has 0 radical (unpaired) electrons. The number of rotatable bonds is 6. The molecule has 0 saturated heterocycles. The molecule has 0 aliphatic heterocycles. The molecule has 1 aromatic heterocycles. The van der Waals surface area contributed by atoms with Crippen molar-refractivity contribution >= 4 is 0 Å². The average molecular weight is 237 g/mol. The molecule has 1 heterocycles. The fraction of sp³-hybridized carbons (Fsp3) is 0.769. The summed E-state index contributed by atoms with van der Waals surface area (Å²) in [5.74, 6) is 0. The van der Waals surface area contributed by atoms with Crippen LogP contribution in [0.4, 0.5) is 0 Å². The zero-order chi connectivity index (χ0) is 12.3. The molecule has 96 valence electrons. The van der Waals surface area contributed by atoms with Crippen molar-refractivity contribution in [3.8, 4) is 0 Å². The largest absolute Gasteiger partial charge is 0.378 e. The number of aromatic nitrogens is 2. The molecule has 0 spiro atoms. The second-order valence-corrected chi connectivity index (χ2v) is 4.93. The first-order valence-corrected chi connectivity index (χ1v) is 6.47. The van der Waals surface area contributed by atoms with Gasteiger partial charge in [-0.3, -0.25) is 4.68 Å². The molecular formula is C13H23N3O. The number of ether oxygens (including phenoxy) is 1. The van der Waals surface area contributed by atoms with Crippen LogP contribution < -0.4 is 5.32 Å². The number of hydrogen-bond donors (Lipinski definition) is 1. The van der Waals surface area contributed by atoms with E-state index in [1.165, 1.54) is 25.0 Å². The first-order chi connectivity index (χ1) is 8.21. The third-order valence-electron chi connectivity index (χ3n) is 3.94. The Bertz CT molecular complexity index is 352. The molecule has 1 saturated carbocycles. The molecule has 1 N–H and O–H groups in total. The summed E-state index contributed by atoms with van der Waals surface area (Å²) in [6, 6.07) is 2.43. The minimum Gasteiger partial charge on any atom is -0.378 e. The Morgan fingerprint density at radius 2 is 2.35 bits per heavy atom. The van der Waals surface area contributed by atoms with Gasteiger partial charge in [-0.15, -0.1) is 0 Å². The van der Waals surface area contributed by atoms with Gasteiger partial charge in [0, 0.05) is 20.4 Å². The maximum absolute atomic E-state index is 5.72. The molecule has 2 rings (SSSR count). The van der Waals surface area contributed by atoms with Crippen LogP contribution in [0.1, 0.15) is 44.3 Å². The zero-order valence-electron chi connectivity index (χ0n) is 11.1. The monoisotopic (exact) mass is 237 g/mol. The smallest absolute Gasteiger partial charge is 0.0697 e. The van der Waals surface area contributed by atoms with E-state index in [0.29, 0.717) is 6.04 Å². The Balaban J connectivity index is 2.10. The SMILES string of the molecule is CCNC(CC1(OC)CCC1)c1ccnn1C. The van der Waals surface area contributed by atoms with Crippen molar-refractivity contribution in [1.82, 2.24) is 15.1 Å². The van der Waals surface area contributed by atoms with E-state index in [0.717, 1.165) is 13.0 Å². The van der Waals surface area contributed by atoms with Crippen molar-refractivity contribution in [3.63, 3.8) is 0 Å². The highest BCUT2D eigenvalue weighted by molar-refractivity contribution is 5.09. The minimum atomic E-state index is 0.0944. The average Bonchev–Trinajstić information content (AvgIpc) is 2.68. The van der Waals surface area contributed by atoms with Gasteiger partial charge in [0.15, 0.2) is 0 Å². The summed E-state index contributed by atoms with van der Waals surface area (Å²) in [6.07, 6.45) is 6.56. The first-order valence-electron chi connectivity index (χ1n) is 6.47. The van der Waals surface area contributed by atoms with E-state index in [-0.39, 0.29) is 5.60 Å². The number of nitrogens with zero attached hydrogens (tertiary/aromatic N) is 2. The van der Waals surface area contributed by atoms with Crippen LogP contribution in [0.25, 0.3) is 0 Å². The molecule has 17 heavy (non-hydrogen) atoms. The van der Waals surface area contributed by atoms with Gasteiger partial charge in [0.2, 0.25) is 0 Å². The van der Waals surface area contributed by atoms with Gasteiger partial charge in [0.25, 0.3) is 0 Å². The second kappa shape index (κ2) is 5.19. The third-order valence-corrected chi connectivity index (χ3v) is 3.94. The Morgan fingerprint density at radius 1 is 1.59 bits per heavy atom. The van der Waals surface area contributed by atoms with E-state index >= 15 is 0 Å². The Labute approximate surface area is 103 Å². The Morgan fingerprint density at radius 3 is 2.76 bits per heavy atom. The van der Waals surface area contributed by atoms with Gasteiger partial charge in [0.1, 0.15) is 0 Å². The highest BCUT2D eigenvalue weighted by atomic mass is 16.5. The summed E-state index contributed by atoms with van der Waals surface area (Å²) in [5.41, 5.74) is 1.34. The molecule has 1 aromatic rings. The molecule has 0 amide bonds. The van der Waals surface area contributed by atoms with E-state index in [1.54, 1.807) is 0 Å². The van der Waals surface area contributed by atoms with Crippen LogP contribution in [0, 0.1) is 0 Å². The van der Waals surface area contributed by atoms with Crippen LogP contribution in [0.2, 0.25) is 0 Å². The fourth-order valence-electron chi connectivity index (χ4n) is 2.69. The maximum Gasteiger partial charge on any atom is 0.0697 e. The highest BCUT2D eigenvalue weighted by Crippen LogP contribution is 2.41. The predicted molar refractivity (Wildman–Crippen MR) is 67.8 cm³/mol.